The number of hydrogen-bond donors (Lipinski definition) is 0. The van der Waals surface area contributed by atoms with Crippen molar-refractivity contribution in [3.63, 3.8) is 0 Å². The van der Waals surface area contributed by atoms with E-state index in [-0.39, 0.29) is 6.10 Å². The lowest BCUT2D eigenvalue weighted by Crippen LogP contribution is -2.13. The van der Waals surface area contributed by atoms with Crippen molar-refractivity contribution in [1.82, 2.24) is 0 Å². The maximum Gasteiger partial charge on any atom is 0.279 e. The molecule has 0 bridgehead atoms. The topological polar surface area (TPSA) is 65.0 Å². The largest absolute Gasteiger partial charge is 0.488 e. The summed E-state index contributed by atoms with van der Waals surface area (Å²) < 4.78 is 35.5. The van der Waals surface area contributed by atoms with Gasteiger partial charge in [-0.1, -0.05) is 0 Å². The van der Waals surface area contributed by atoms with E-state index < -0.39 is 10.0 Å². The molecule has 0 aliphatic carbocycles. The number of rotatable bonds is 3. The van der Waals surface area contributed by atoms with Crippen molar-refractivity contribution in [2.45, 2.75) is 18.9 Å². The van der Waals surface area contributed by atoms with Gasteiger partial charge in [0.25, 0.3) is 10.0 Å². The van der Waals surface area contributed by atoms with Crippen LogP contribution in [-0.2, 0) is 19.5 Å². The Hall–Kier alpha value is -0.880. The van der Waals surface area contributed by atoms with E-state index in [1.54, 1.807) is 0 Å². The average molecular weight is 217 g/mol. The van der Waals surface area contributed by atoms with E-state index >= 15 is 0 Å². The molecule has 6 heteroatoms. The zero-order valence-electron chi connectivity index (χ0n) is 7.55. The van der Waals surface area contributed by atoms with Gasteiger partial charge in [-0.2, -0.15) is 12.8 Å². The van der Waals surface area contributed by atoms with Gasteiger partial charge in [-0.15, -0.1) is 0 Å². The summed E-state index contributed by atoms with van der Waals surface area (Å²) in [6.07, 6.45) is 3.31. The lowest BCUT2D eigenvalue weighted by molar-refractivity contribution is 0.0482. The molecule has 2 aliphatic heterocycles. The first-order chi connectivity index (χ1) is 6.66. The Bertz CT molecular complexity index is 365. The summed E-state index contributed by atoms with van der Waals surface area (Å²) in [4.78, 5) is 0. The molecular weight excluding hydrogens is 206 g/mol. The SMILES string of the molecule is O=S1(=O)C=C(OCC2CCCO2)C=N1. The Morgan fingerprint density at radius 2 is 2.50 bits per heavy atom. The van der Waals surface area contributed by atoms with Gasteiger partial charge in [0.15, 0.2) is 5.76 Å². The van der Waals surface area contributed by atoms with E-state index in [1.165, 1.54) is 6.21 Å². The van der Waals surface area contributed by atoms with Crippen LogP contribution < -0.4 is 0 Å². The van der Waals surface area contributed by atoms with Crippen molar-refractivity contribution in [2.75, 3.05) is 13.2 Å². The summed E-state index contributed by atoms with van der Waals surface area (Å²) in [6, 6.07) is 0. The summed E-state index contributed by atoms with van der Waals surface area (Å²) >= 11 is 0. The lowest BCUT2D eigenvalue weighted by Gasteiger charge is -2.09. The van der Waals surface area contributed by atoms with Gasteiger partial charge >= 0.3 is 0 Å². The van der Waals surface area contributed by atoms with Crippen molar-refractivity contribution >= 4 is 16.2 Å². The van der Waals surface area contributed by atoms with Gasteiger partial charge in [-0.05, 0) is 12.8 Å². The van der Waals surface area contributed by atoms with E-state index in [0.29, 0.717) is 12.4 Å². The monoisotopic (exact) mass is 217 g/mol. The molecule has 2 aliphatic rings. The molecule has 14 heavy (non-hydrogen) atoms. The smallest absolute Gasteiger partial charge is 0.279 e. The third-order valence-corrected chi connectivity index (χ3v) is 2.98. The Morgan fingerprint density at radius 3 is 3.07 bits per heavy atom. The van der Waals surface area contributed by atoms with Crippen molar-refractivity contribution in [2.24, 2.45) is 4.40 Å². The molecule has 0 N–H and O–H groups in total. The summed E-state index contributed by atoms with van der Waals surface area (Å²) in [7, 11) is -3.40. The molecule has 0 aromatic rings. The van der Waals surface area contributed by atoms with Gasteiger partial charge in [-0.25, -0.2) is 0 Å². The van der Waals surface area contributed by atoms with E-state index in [0.717, 1.165) is 24.9 Å². The van der Waals surface area contributed by atoms with Gasteiger partial charge < -0.3 is 9.47 Å². The fraction of sp³-hybridized carbons (Fsp3) is 0.625. The molecule has 2 rings (SSSR count). The maximum atomic E-state index is 10.9. The highest BCUT2D eigenvalue weighted by molar-refractivity contribution is 7.93. The van der Waals surface area contributed by atoms with E-state index in [4.69, 9.17) is 9.47 Å². The molecule has 0 saturated carbocycles. The zero-order valence-corrected chi connectivity index (χ0v) is 8.37. The fourth-order valence-electron chi connectivity index (χ4n) is 1.37. The first kappa shape index (κ1) is 9.67. The van der Waals surface area contributed by atoms with Gasteiger partial charge in [0.05, 0.1) is 17.7 Å². The van der Waals surface area contributed by atoms with Crippen LogP contribution in [-0.4, -0.2) is 34.0 Å². The number of allylic oxidation sites excluding steroid dienone is 1. The highest BCUT2D eigenvalue weighted by Crippen LogP contribution is 2.15. The predicted octanol–water partition coefficient (Wildman–Crippen LogP) is 0.438. The molecule has 0 amide bonds. The predicted molar refractivity (Wildman–Crippen MR) is 50.4 cm³/mol. The number of hydrogen-bond acceptors (Lipinski definition) is 4. The minimum absolute atomic E-state index is 0.0904. The molecule has 0 spiro atoms. The quantitative estimate of drug-likeness (QED) is 0.688. The third kappa shape index (κ3) is 2.33. The Morgan fingerprint density at radius 1 is 1.64 bits per heavy atom. The van der Waals surface area contributed by atoms with E-state index in [1.807, 2.05) is 0 Å². The van der Waals surface area contributed by atoms with Gasteiger partial charge in [0.1, 0.15) is 6.61 Å². The van der Waals surface area contributed by atoms with Gasteiger partial charge in [0, 0.05) is 6.61 Å². The Kier molecular flexibility index (Phi) is 2.56. The fourth-order valence-corrected chi connectivity index (χ4v) is 2.10. The van der Waals surface area contributed by atoms with Crippen molar-refractivity contribution in [1.29, 1.82) is 0 Å². The van der Waals surface area contributed by atoms with Crippen LogP contribution in [0.2, 0.25) is 0 Å². The maximum absolute atomic E-state index is 10.9. The van der Waals surface area contributed by atoms with E-state index in [9.17, 15) is 8.42 Å². The molecule has 1 saturated heterocycles. The van der Waals surface area contributed by atoms with E-state index in [2.05, 4.69) is 4.40 Å². The highest BCUT2D eigenvalue weighted by Gasteiger charge is 2.19. The molecule has 5 nitrogen and oxygen atoms in total. The van der Waals surface area contributed by atoms with Crippen molar-refractivity contribution in [3.05, 3.63) is 11.2 Å². The van der Waals surface area contributed by atoms with Crippen LogP contribution in [0.5, 0.6) is 0 Å². The summed E-state index contributed by atoms with van der Waals surface area (Å²) in [5.74, 6) is 0.292. The standard InChI is InChI=1S/C8H11NO4S/c10-14(11)6-8(4-9-14)13-5-7-2-1-3-12-7/h4,6-7H,1-3,5H2. The van der Waals surface area contributed by atoms with Gasteiger partial charge in [0.2, 0.25) is 0 Å². The highest BCUT2D eigenvalue weighted by atomic mass is 32.2. The van der Waals surface area contributed by atoms with Crippen LogP contribution >= 0.6 is 0 Å². The molecule has 78 valence electrons. The molecule has 1 unspecified atom stereocenters. The molecule has 2 heterocycles. The average Bonchev–Trinajstić information content (AvgIpc) is 2.70. The normalized spacial score (nSPS) is 29.1. The molecular formula is C8H11NO4S. The Balaban J connectivity index is 1.85. The number of nitrogens with zero attached hydrogens (tertiary/aromatic N) is 1. The second-order valence-corrected chi connectivity index (χ2v) is 4.69. The molecule has 0 radical (unpaired) electrons. The summed E-state index contributed by atoms with van der Waals surface area (Å²) in [5, 5.41) is 1.02. The van der Waals surface area contributed by atoms with Crippen LogP contribution in [0.15, 0.2) is 15.6 Å². The molecule has 0 aromatic carbocycles. The van der Waals surface area contributed by atoms with Crippen LogP contribution in [0.1, 0.15) is 12.8 Å². The Labute approximate surface area is 82.5 Å². The second-order valence-electron chi connectivity index (χ2n) is 3.22. The molecule has 1 fully saturated rings. The molecule has 0 aromatic heterocycles. The second kappa shape index (κ2) is 3.70. The minimum atomic E-state index is -3.40. The zero-order chi connectivity index (χ0) is 10.0. The van der Waals surface area contributed by atoms with Crippen LogP contribution in [0, 0.1) is 0 Å². The van der Waals surface area contributed by atoms with Gasteiger partial charge in [-0.3, -0.25) is 0 Å². The lowest BCUT2D eigenvalue weighted by atomic mass is 10.2. The third-order valence-electron chi connectivity index (χ3n) is 2.05. The van der Waals surface area contributed by atoms with Crippen LogP contribution in [0.4, 0.5) is 0 Å². The van der Waals surface area contributed by atoms with Crippen molar-refractivity contribution < 1.29 is 17.9 Å². The summed E-state index contributed by atoms with van der Waals surface area (Å²) in [6.45, 7) is 1.16. The first-order valence-corrected chi connectivity index (χ1v) is 5.92. The van der Waals surface area contributed by atoms with Crippen LogP contribution in [0.25, 0.3) is 0 Å². The minimum Gasteiger partial charge on any atom is -0.488 e. The number of sulfonamides is 1. The molecule has 1 atom stereocenters. The summed E-state index contributed by atoms with van der Waals surface area (Å²) in [5.41, 5.74) is 0. The first-order valence-electron chi connectivity index (χ1n) is 4.42. The van der Waals surface area contributed by atoms with Crippen LogP contribution in [0.3, 0.4) is 0 Å². The van der Waals surface area contributed by atoms with Crippen molar-refractivity contribution in [3.8, 4) is 0 Å². The number of ether oxygens (including phenoxy) is 2.